The fraction of sp³-hybridized carbons (Fsp3) is 0. The van der Waals surface area contributed by atoms with Crippen molar-refractivity contribution in [2.45, 2.75) is 0 Å². The fourth-order valence-corrected chi connectivity index (χ4v) is 2.31. The average Bonchev–Trinajstić information content (AvgIpc) is 2.84. The number of rotatable bonds is 4. The summed E-state index contributed by atoms with van der Waals surface area (Å²) in [5, 5.41) is 28.3. The molecule has 0 saturated heterocycles. The van der Waals surface area contributed by atoms with E-state index in [1.54, 1.807) is 30.3 Å². The summed E-state index contributed by atoms with van der Waals surface area (Å²) in [6.45, 7) is 0. The lowest BCUT2D eigenvalue weighted by Gasteiger charge is -1.95. The van der Waals surface area contributed by atoms with E-state index in [-0.39, 0.29) is 22.8 Å². The van der Waals surface area contributed by atoms with E-state index in [2.05, 4.69) is 10.2 Å². The van der Waals surface area contributed by atoms with Gasteiger partial charge in [-0.25, -0.2) is 0 Å². The van der Waals surface area contributed by atoms with Crippen molar-refractivity contribution in [1.82, 2.24) is 0 Å². The van der Waals surface area contributed by atoms with Crippen LogP contribution in [-0.4, -0.2) is 28.2 Å². The maximum absolute atomic E-state index is 12.2. The van der Waals surface area contributed by atoms with E-state index in [0.29, 0.717) is 16.7 Å². The van der Waals surface area contributed by atoms with Gasteiger partial charge in [0.15, 0.2) is 5.78 Å². The molecule has 0 spiro atoms. The van der Waals surface area contributed by atoms with Crippen LogP contribution in [0.3, 0.4) is 0 Å². The molecular formula is C17H11N3O4. The second-order valence-electron chi connectivity index (χ2n) is 4.98. The summed E-state index contributed by atoms with van der Waals surface area (Å²) in [5.41, 5.74) is 1.39. The van der Waals surface area contributed by atoms with Crippen LogP contribution in [0.15, 0.2) is 64.3 Å². The van der Waals surface area contributed by atoms with Crippen LogP contribution in [0.5, 0.6) is 0 Å². The molecule has 0 fully saturated rings. The molecular weight excluding hydrogens is 310 g/mol. The molecule has 2 aromatic rings. The predicted molar refractivity (Wildman–Crippen MR) is 89.5 cm³/mol. The molecule has 1 aliphatic rings. The van der Waals surface area contributed by atoms with Gasteiger partial charge >= 0.3 is 0 Å². The summed E-state index contributed by atoms with van der Waals surface area (Å²) in [5.74, 6) is -0.456. The van der Waals surface area contributed by atoms with Gasteiger partial charge in [-0.05, 0) is 0 Å². The molecule has 2 aromatic carbocycles. The SMILES string of the molecule is O=C1C(C=NN=Cc2cccc([N+](=O)[O-])c2)=C(O)c2ccccc21. The van der Waals surface area contributed by atoms with Crippen molar-refractivity contribution in [2.75, 3.05) is 0 Å². The Hall–Kier alpha value is -3.61. The van der Waals surface area contributed by atoms with Gasteiger partial charge in [0.25, 0.3) is 5.69 Å². The summed E-state index contributed by atoms with van der Waals surface area (Å²) >= 11 is 0. The highest BCUT2D eigenvalue weighted by atomic mass is 16.6. The minimum atomic E-state index is -0.502. The number of hydrogen-bond donors (Lipinski definition) is 1. The second-order valence-corrected chi connectivity index (χ2v) is 4.98. The molecule has 0 aliphatic heterocycles. The summed E-state index contributed by atoms with van der Waals surface area (Å²) in [6.07, 6.45) is 2.50. The lowest BCUT2D eigenvalue weighted by molar-refractivity contribution is -0.384. The third kappa shape index (κ3) is 2.82. The molecule has 7 nitrogen and oxygen atoms in total. The molecule has 0 unspecified atom stereocenters. The van der Waals surface area contributed by atoms with E-state index < -0.39 is 4.92 Å². The van der Waals surface area contributed by atoms with Crippen molar-refractivity contribution in [3.05, 3.63) is 80.9 Å². The van der Waals surface area contributed by atoms with Gasteiger partial charge in [0.05, 0.1) is 22.9 Å². The molecule has 7 heteroatoms. The first-order chi connectivity index (χ1) is 11.6. The van der Waals surface area contributed by atoms with Gasteiger partial charge in [-0.3, -0.25) is 14.9 Å². The number of allylic oxidation sites excluding steroid dienone is 1. The van der Waals surface area contributed by atoms with Gasteiger partial charge in [-0.1, -0.05) is 36.4 Å². The number of nitro groups is 1. The molecule has 118 valence electrons. The number of hydrogen-bond acceptors (Lipinski definition) is 6. The van der Waals surface area contributed by atoms with Crippen molar-refractivity contribution in [2.24, 2.45) is 10.2 Å². The van der Waals surface area contributed by atoms with Gasteiger partial charge < -0.3 is 5.11 Å². The minimum absolute atomic E-state index is 0.0512. The zero-order valence-corrected chi connectivity index (χ0v) is 12.3. The topological polar surface area (TPSA) is 105 Å². The van der Waals surface area contributed by atoms with E-state index in [1.165, 1.54) is 30.6 Å². The van der Waals surface area contributed by atoms with Crippen LogP contribution in [0.25, 0.3) is 5.76 Å². The lowest BCUT2D eigenvalue weighted by Crippen LogP contribution is -1.99. The number of non-ortho nitro benzene ring substituents is 1. The molecule has 0 saturated carbocycles. The van der Waals surface area contributed by atoms with Crippen LogP contribution in [0.1, 0.15) is 21.5 Å². The third-order valence-electron chi connectivity index (χ3n) is 3.47. The Bertz CT molecular complexity index is 929. The van der Waals surface area contributed by atoms with Crippen LogP contribution < -0.4 is 0 Å². The van der Waals surface area contributed by atoms with Gasteiger partial charge in [0.2, 0.25) is 0 Å². The van der Waals surface area contributed by atoms with Gasteiger partial charge in [0, 0.05) is 28.8 Å². The molecule has 0 heterocycles. The number of ketones is 1. The minimum Gasteiger partial charge on any atom is -0.506 e. The zero-order chi connectivity index (χ0) is 17.1. The summed E-state index contributed by atoms with van der Waals surface area (Å²) in [4.78, 5) is 22.4. The first kappa shape index (κ1) is 15.3. The number of aliphatic hydroxyl groups is 1. The van der Waals surface area contributed by atoms with E-state index in [1.807, 2.05) is 0 Å². The molecule has 24 heavy (non-hydrogen) atoms. The highest BCUT2D eigenvalue weighted by Gasteiger charge is 2.27. The first-order valence-electron chi connectivity index (χ1n) is 6.96. The lowest BCUT2D eigenvalue weighted by atomic mass is 10.1. The Balaban J connectivity index is 1.78. The molecule has 0 amide bonds. The van der Waals surface area contributed by atoms with Crippen LogP contribution in [0, 0.1) is 10.1 Å². The maximum atomic E-state index is 12.2. The monoisotopic (exact) mass is 321 g/mol. The van der Waals surface area contributed by atoms with Crippen molar-refractivity contribution in [1.29, 1.82) is 0 Å². The van der Waals surface area contributed by atoms with Gasteiger partial charge in [0.1, 0.15) is 5.76 Å². The van der Waals surface area contributed by atoms with E-state index >= 15 is 0 Å². The number of nitrogens with zero attached hydrogens (tertiary/aromatic N) is 3. The van der Waals surface area contributed by atoms with Crippen LogP contribution in [0.2, 0.25) is 0 Å². The van der Waals surface area contributed by atoms with E-state index in [9.17, 15) is 20.0 Å². The highest BCUT2D eigenvalue weighted by Crippen LogP contribution is 2.29. The fourth-order valence-electron chi connectivity index (χ4n) is 2.31. The highest BCUT2D eigenvalue weighted by molar-refractivity contribution is 6.30. The molecule has 0 bridgehead atoms. The Morgan fingerprint density at radius 1 is 1.00 bits per heavy atom. The second kappa shape index (κ2) is 6.25. The largest absolute Gasteiger partial charge is 0.506 e. The van der Waals surface area contributed by atoms with Crippen LogP contribution in [0.4, 0.5) is 5.69 Å². The van der Waals surface area contributed by atoms with Crippen LogP contribution in [-0.2, 0) is 0 Å². The summed E-state index contributed by atoms with van der Waals surface area (Å²) in [6, 6.07) is 12.6. The van der Waals surface area contributed by atoms with Gasteiger partial charge in [-0.2, -0.15) is 10.2 Å². The Morgan fingerprint density at radius 2 is 1.71 bits per heavy atom. The standard InChI is InChI=1S/C17H11N3O4/c21-16-13-6-1-2-7-14(13)17(22)15(16)10-19-18-9-11-4-3-5-12(8-11)20(23)24/h1-10,21H. The smallest absolute Gasteiger partial charge is 0.270 e. The Kier molecular flexibility index (Phi) is 3.98. The number of nitro benzene ring substituents is 1. The number of fused-ring (bicyclic) bond motifs is 1. The quantitative estimate of drug-likeness (QED) is 0.530. The molecule has 3 rings (SSSR count). The van der Waals surface area contributed by atoms with Crippen molar-refractivity contribution < 1.29 is 14.8 Å². The number of aliphatic hydroxyl groups excluding tert-OH is 1. The Labute approximate surface area is 136 Å². The third-order valence-corrected chi connectivity index (χ3v) is 3.47. The number of carbonyl (C=O) groups is 1. The maximum Gasteiger partial charge on any atom is 0.270 e. The van der Waals surface area contributed by atoms with Crippen molar-refractivity contribution in [3.63, 3.8) is 0 Å². The number of carbonyl (C=O) groups excluding carboxylic acids is 1. The molecule has 1 N–H and O–H groups in total. The van der Waals surface area contributed by atoms with Crippen molar-refractivity contribution in [3.8, 4) is 0 Å². The van der Waals surface area contributed by atoms with E-state index in [4.69, 9.17) is 0 Å². The average molecular weight is 321 g/mol. The molecule has 0 radical (unpaired) electrons. The number of Topliss-reactive ketones (excluding diaryl/α,β-unsaturated/α-hetero) is 1. The van der Waals surface area contributed by atoms with Crippen LogP contribution >= 0.6 is 0 Å². The Morgan fingerprint density at radius 3 is 2.42 bits per heavy atom. The first-order valence-corrected chi connectivity index (χ1v) is 6.96. The molecule has 0 atom stereocenters. The number of benzene rings is 2. The molecule has 0 aromatic heterocycles. The van der Waals surface area contributed by atoms with Crippen molar-refractivity contribution >= 4 is 29.7 Å². The van der Waals surface area contributed by atoms with Gasteiger partial charge in [-0.15, -0.1) is 0 Å². The normalized spacial score (nSPS) is 13.9. The zero-order valence-electron chi connectivity index (χ0n) is 12.3. The summed E-state index contributed by atoms with van der Waals surface area (Å²) < 4.78 is 0. The van der Waals surface area contributed by atoms with E-state index in [0.717, 1.165) is 0 Å². The summed E-state index contributed by atoms with van der Waals surface area (Å²) in [7, 11) is 0. The molecule has 1 aliphatic carbocycles. The predicted octanol–water partition coefficient (Wildman–Crippen LogP) is 3.17.